The van der Waals surface area contributed by atoms with Crippen molar-refractivity contribution >= 4 is 11.6 Å². The Morgan fingerprint density at radius 1 is 1.17 bits per heavy atom. The fourth-order valence-corrected chi connectivity index (χ4v) is 2.95. The standard InChI is InChI=1S/C20H18N4O5/c1-12-17(19(21)25)18(14-5-9-16(29-2)10-6-14)22-23(20(12)26)11-13-3-7-15(8-4-13)24(27)28/h3-10H,11H2,1-2H3,(H2,21,25). The number of rotatable bonds is 6. The van der Waals surface area contributed by atoms with Crippen LogP contribution in [0.1, 0.15) is 21.5 Å². The van der Waals surface area contributed by atoms with E-state index >= 15 is 0 Å². The Morgan fingerprint density at radius 3 is 2.31 bits per heavy atom. The van der Waals surface area contributed by atoms with E-state index in [1.54, 1.807) is 36.4 Å². The SMILES string of the molecule is COc1ccc(-c2nn(Cc3ccc([N+](=O)[O-])cc3)c(=O)c(C)c2C(N)=O)cc1. The number of nitro benzene ring substituents is 1. The van der Waals surface area contributed by atoms with E-state index in [0.29, 0.717) is 16.9 Å². The molecule has 1 amide bonds. The molecule has 0 spiro atoms. The Balaban J connectivity index is 2.10. The molecular formula is C20H18N4O5. The largest absolute Gasteiger partial charge is 0.497 e. The number of nitrogens with zero attached hydrogens (tertiary/aromatic N) is 3. The van der Waals surface area contributed by atoms with Gasteiger partial charge in [-0.2, -0.15) is 5.10 Å². The lowest BCUT2D eigenvalue weighted by Gasteiger charge is -2.14. The van der Waals surface area contributed by atoms with Gasteiger partial charge in [0.15, 0.2) is 0 Å². The van der Waals surface area contributed by atoms with Crippen molar-refractivity contribution in [2.75, 3.05) is 7.11 Å². The second-order valence-corrected chi connectivity index (χ2v) is 6.33. The Hall–Kier alpha value is -4.01. The summed E-state index contributed by atoms with van der Waals surface area (Å²) in [4.78, 5) is 35.0. The van der Waals surface area contributed by atoms with E-state index < -0.39 is 16.4 Å². The van der Waals surface area contributed by atoms with E-state index in [-0.39, 0.29) is 29.1 Å². The molecule has 0 aliphatic heterocycles. The highest BCUT2D eigenvalue weighted by molar-refractivity contribution is 6.00. The van der Waals surface area contributed by atoms with Crippen molar-refractivity contribution < 1.29 is 14.5 Å². The number of hydrogen-bond donors (Lipinski definition) is 1. The number of ether oxygens (including phenoxy) is 1. The summed E-state index contributed by atoms with van der Waals surface area (Å²) in [6.07, 6.45) is 0. The van der Waals surface area contributed by atoms with Gasteiger partial charge in [-0.25, -0.2) is 4.68 Å². The predicted octanol–water partition coefficient (Wildman–Crippen LogP) is 2.28. The normalized spacial score (nSPS) is 10.6. The number of nitro groups is 1. The number of methoxy groups -OCH3 is 1. The molecule has 3 aromatic rings. The molecule has 0 saturated carbocycles. The number of carbonyl (C=O) groups is 1. The number of non-ortho nitro benzene ring substituents is 1. The van der Waals surface area contributed by atoms with Gasteiger partial charge >= 0.3 is 0 Å². The van der Waals surface area contributed by atoms with Gasteiger partial charge in [0.2, 0.25) is 0 Å². The summed E-state index contributed by atoms with van der Waals surface area (Å²) in [5, 5.41) is 15.2. The number of hydrogen-bond acceptors (Lipinski definition) is 6. The average molecular weight is 394 g/mol. The summed E-state index contributed by atoms with van der Waals surface area (Å²) in [5.41, 5.74) is 6.76. The van der Waals surface area contributed by atoms with Gasteiger partial charge in [0, 0.05) is 23.3 Å². The molecule has 1 heterocycles. The van der Waals surface area contributed by atoms with Crippen LogP contribution < -0.4 is 16.0 Å². The Bertz CT molecular complexity index is 1140. The summed E-state index contributed by atoms with van der Waals surface area (Å²) < 4.78 is 6.35. The predicted molar refractivity (Wildman–Crippen MR) is 106 cm³/mol. The fraction of sp³-hybridized carbons (Fsp3) is 0.150. The lowest BCUT2D eigenvalue weighted by atomic mass is 10.0. The van der Waals surface area contributed by atoms with Crippen LogP contribution in [-0.4, -0.2) is 27.7 Å². The van der Waals surface area contributed by atoms with Crippen LogP contribution in [0.3, 0.4) is 0 Å². The molecule has 0 aliphatic carbocycles. The second kappa shape index (κ2) is 7.93. The van der Waals surface area contributed by atoms with Crippen molar-refractivity contribution in [2.24, 2.45) is 5.73 Å². The second-order valence-electron chi connectivity index (χ2n) is 6.33. The maximum Gasteiger partial charge on any atom is 0.270 e. The molecule has 148 valence electrons. The first-order valence-electron chi connectivity index (χ1n) is 8.61. The highest BCUT2D eigenvalue weighted by atomic mass is 16.6. The smallest absolute Gasteiger partial charge is 0.270 e. The molecule has 2 N–H and O–H groups in total. The lowest BCUT2D eigenvalue weighted by molar-refractivity contribution is -0.384. The number of aromatic nitrogens is 2. The summed E-state index contributed by atoms with van der Waals surface area (Å²) in [6, 6.07) is 12.7. The molecule has 1 aromatic heterocycles. The van der Waals surface area contributed by atoms with E-state index in [2.05, 4.69) is 5.10 Å². The molecule has 9 heteroatoms. The summed E-state index contributed by atoms with van der Waals surface area (Å²) >= 11 is 0. The Morgan fingerprint density at radius 2 is 1.79 bits per heavy atom. The van der Waals surface area contributed by atoms with Gasteiger partial charge in [0.1, 0.15) is 11.4 Å². The highest BCUT2D eigenvalue weighted by Gasteiger charge is 2.20. The van der Waals surface area contributed by atoms with Crippen LogP contribution in [0.2, 0.25) is 0 Å². The van der Waals surface area contributed by atoms with Gasteiger partial charge < -0.3 is 10.5 Å². The van der Waals surface area contributed by atoms with Gasteiger partial charge in [-0.3, -0.25) is 19.7 Å². The monoisotopic (exact) mass is 394 g/mol. The van der Waals surface area contributed by atoms with Crippen molar-refractivity contribution in [3.63, 3.8) is 0 Å². The van der Waals surface area contributed by atoms with Crippen LogP contribution in [-0.2, 0) is 6.54 Å². The topological polar surface area (TPSA) is 130 Å². The number of primary amides is 1. The van der Waals surface area contributed by atoms with Crippen molar-refractivity contribution in [1.29, 1.82) is 0 Å². The molecule has 3 rings (SSSR count). The van der Waals surface area contributed by atoms with Gasteiger partial charge in [-0.1, -0.05) is 12.1 Å². The molecular weight excluding hydrogens is 376 g/mol. The molecule has 29 heavy (non-hydrogen) atoms. The molecule has 9 nitrogen and oxygen atoms in total. The maximum atomic E-state index is 12.7. The minimum Gasteiger partial charge on any atom is -0.497 e. The molecule has 2 aromatic carbocycles. The van der Waals surface area contributed by atoms with Crippen molar-refractivity contribution in [1.82, 2.24) is 9.78 Å². The first-order valence-corrected chi connectivity index (χ1v) is 8.61. The molecule has 0 unspecified atom stereocenters. The molecule has 0 atom stereocenters. The Labute approximate surface area is 165 Å². The number of benzene rings is 2. The highest BCUT2D eigenvalue weighted by Crippen LogP contribution is 2.24. The lowest BCUT2D eigenvalue weighted by Crippen LogP contribution is -2.30. The van der Waals surface area contributed by atoms with E-state index in [1.807, 2.05) is 0 Å². The third kappa shape index (κ3) is 3.98. The minimum atomic E-state index is -0.750. The zero-order chi connectivity index (χ0) is 21.1. The van der Waals surface area contributed by atoms with Crippen molar-refractivity contribution in [3.8, 4) is 17.0 Å². The van der Waals surface area contributed by atoms with Gasteiger partial charge in [-0.05, 0) is 36.8 Å². The van der Waals surface area contributed by atoms with E-state index in [0.717, 1.165) is 0 Å². The fourth-order valence-electron chi connectivity index (χ4n) is 2.95. The van der Waals surface area contributed by atoms with E-state index in [9.17, 15) is 19.7 Å². The van der Waals surface area contributed by atoms with Crippen LogP contribution in [0.4, 0.5) is 5.69 Å². The maximum absolute atomic E-state index is 12.7. The summed E-state index contributed by atoms with van der Waals surface area (Å²) in [5.74, 6) is -0.120. The summed E-state index contributed by atoms with van der Waals surface area (Å²) in [6.45, 7) is 1.60. The third-order valence-corrected chi connectivity index (χ3v) is 4.48. The van der Waals surface area contributed by atoms with Crippen molar-refractivity contribution in [2.45, 2.75) is 13.5 Å². The summed E-state index contributed by atoms with van der Waals surface area (Å²) in [7, 11) is 1.54. The van der Waals surface area contributed by atoms with Gasteiger partial charge in [0.25, 0.3) is 17.2 Å². The first kappa shape index (κ1) is 19.7. The third-order valence-electron chi connectivity index (χ3n) is 4.48. The van der Waals surface area contributed by atoms with Crippen LogP contribution in [0.25, 0.3) is 11.3 Å². The van der Waals surface area contributed by atoms with Gasteiger partial charge in [-0.15, -0.1) is 0 Å². The molecule has 0 bridgehead atoms. The average Bonchev–Trinajstić information content (AvgIpc) is 2.71. The van der Waals surface area contributed by atoms with Crippen LogP contribution in [0, 0.1) is 17.0 Å². The quantitative estimate of drug-likeness (QED) is 0.504. The number of nitrogens with two attached hydrogens (primary N) is 1. The van der Waals surface area contributed by atoms with Crippen LogP contribution >= 0.6 is 0 Å². The number of amides is 1. The first-order chi connectivity index (χ1) is 13.8. The van der Waals surface area contributed by atoms with Crippen molar-refractivity contribution in [3.05, 3.63) is 85.7 Å². The Kier molecular flexibility index (Phi) is 5.40. The minimum absolute atomic E-state index is 0.0479. The van der Waals surface area contributed by atoms with Crippen LogP contribution in [0.5, 0.6) is 5.75 Å². The number of carbonyl (C=O) groups excluding carboxylic acids is 1. The zero-order valence-electron chi connectivity index (χ0n) is 15.8. The van der Waals surface area contributed by atoms with Crippen LogP contribution in [0.15, 0.2) is 53.3 Å². The molecule has 0 aliphatic rings. The molecule has 0 fully saturated rings. The van der Waals surface area contributed by atoms with Gasteiger partial charge in [0.05, 0.1) is 24.1 Å². The zero-order valence-corrected chi connectivity index (χ0v) is 15.8. The van der Waals surface area contributed by atoms with E-state index in [4.69, 9.17) is 10.5 Å². The molecule has 0 radical (unpaired) electrons. The molecule has 0 saturated heterocycles. The van der Waals surface area contributed by atoms with E-state index in [1.165, 1.54) is 30.8 Å².